The van der Waals surface area contributed by atoms with Crippen LogP contribution in [0.2, 0.25) is 0 Å². The van der Waals surface area contributed by atoms with Crippen molar-refractivity contribution in [3.63, 3.8) is 0 Å². The second-order valence-electron chi connectivity index (χ2n) is 4.50. The molecule has 0 aliphatic rings. The summed E-state index contributed by atoms with van der Waals surface area (Å²) in [6, 6.07) is 4.04. The quantitative estimate of drug-likeness (QED) is 0.564. The second kappa shape index (κ2) is 4.99. The summed E-state index contributed by atoms with van der Waals surface area (Å²) in [5.41, 5.74) is 4.92. The lowest BCUT2D eigenvalue weighted by molar-refractivity contribution is 0.472. The number of nitrogens with two attached hydrogens (primary N) is 1. The average molecular weight is 272 g/mol. The number of nitrogens with one attached hydrogen (secondary N) is 1. The number of hydrogen-bond acceptors (Lipinski definition) is 5. The molecule has 3 aromatic rings. The summed E-state index contributed by atoms with van der Waals surface area (Å²) >= 11 is 0. The molecule has 2 aromatic heterocycles. The number of hydrazine groups is 1. The van der Waals surface area contributed by atoms with Crippen LogP contribution in [0.4, 0.5) is 4.39 Å². The van der Waals surface area contributed by atoms with E-state index in [-0.39, 0.29) is 11.9 Å². The maximum absolute atomic E-state index is 13.3. The first-order chi connectivity index (χ1) is 9.70. The van der Waals surface area contributed by atoms with Crippen molar-refractivity contribution in [2.45, 2.75) is 13.0 Å². The highest BCUT2D eigenvalue weighted by Crippen LogP contribution is 2.32. The van der Waals surface area contributed by atoms with Crippen LogP contribution in [0.5, 0.6) is 0 Å². The Morgan fingerprint density at radius 1 is 1.30 bits per heavy atom. The zero-order chi connectivity index (χ0) is 14.1. The number of hydrogen-bond donors (Lipinski definition) is 2. The number of aromatic nitrogens is 2. The highest BCUT2D eigenvalue weighted by Gasteiger charge is 2.21. The molecule has 0 amide bonds. The van der Waals surface area contributed by atoms with Gasteiger partial charge in [-0.15, -0.1) is 0 Å². The van der Waals surface area contributed by atoms with Gasteiger partial charge in [-0.1, -0.05) is 0 Å². The Morgan fingerprint density at radius 3 is 2.75 bits per heavy atom. The third kappa shape index (κ3) is 2.04. The van der Waals surface area contributed by atoms with Gasteiger partial charge in [-0.2, -0.15) is 0 Å². The molecule has 20 heavy (non-hydrogen) atoms. The number of rotatable bonds is 3. The minimum atomic E-state index is -0.383. The van der Waals surface area contributed by atoms with Crippen molar-refractivity contribution in [1.82, 2.24) is 15.4 Å². The molecule has 102 valence electrons. The van der Waals surface area contributed by atoms with E-state index in [1.54, 1.807) is 18.5 Å². The predicted molar refractivity (Wildman–Crippen MR) is 72.1 cm³/mol. The van der Waals surface area contributed by atoms with Crippen LogP contribution in [0.15, 0.2) is 41.3 Å². The summed E-state index contributed by atoms with van der Waals surface area (Å²) < 4.78 is 19.1. The summed E-state index contributed by atoms with van der Waals surface area (Å²) in [7, 11) is 0. The topological polar surface area (TPSA) is 77.0 Å². The molecule has 0 saturated heterocycles. The van der Waals surface area contributed by atoms with Gasteiger partial charge in [0.2, 0.25) is 0 Å². The molecule has 0 radical (unpaired) electrons. The Kier molecular flexibility index (Phi) is 3.17. The molecule has 0 fully saturated rings. The van der Waals surface area contributed by atoms with Crippen molar-refractivity contribution in [2.75, 3.05) is 0 Å². The van der Waals surface area contributed by atoms with E-state index >= 15 is 0 Å². The van der Waals surface area contributed by atoms with Crippen molar-refractivity contribution in [3.05, 3.63) is 59.6 Å². The standard InChI is InChI=1S/C14H13FN4O/c1-8-11-4-10(15)2-3-12(11)20-14(8)13(19-16)9-5-17-7-18-6-9/h2-7,13,19H,16H2,1H3. The first-order valence-corrected chi connectivity index (χ1v) is 6.10. The van der Waals surface area contributed by atoms with Gasteiger partial charge in [-0.05, 0) is 25.1 Å². The molecule has 1 atom stereocenters. The average Bonchev–Trinajstić information content (AvgIpc) is 2.78. The van der Waals surface area contributed by atoms with Crippen LogP contribution in [-0.2, 0) is 0 Å². The van der Waals surface area contributed by atoms with E-state index in [2.05, 4.69) is 15.4 Å². The summed E-state index contributed by atoms with van der Waals surface area (Å²) in [5, 5.41) is 0.733. The Morgan fingerprint density at radius 2 is 2.05 bits per heavy atom. The molecular weight excluding hydrogens is 259 g/mol. The fourth-order valence-electron chi connectivity index (χ4n) is 2.27. The smallest absolute Gasteiger partial charge is 0.134 e. The van der Waals surface area contributed by atoms with E-state index in [9.17, 15) is 4.39 Å². The van der Waals surface area contributed by atoms with E-state index in [1.807, 2.05) is 6.92 Å². The third-order valence-corrected chi connectivity index (χ3v) is 3.28. The van der Waals surface area contributed by atoms with E-state index in [0.29, 0.717) is 11.3 Å². The van der Waals surface area contributed by atoms with Gasteiger partial charge in [0.15, 0.2) is 0 Å². The van der Waals surface area contributed by atoms with Gasteiger partial charge in [0.05, 0.1) is 0 Å². The first-order valence-electron chi connectivity index (χ1n) is 6.10. The van der Waals surface area contributed by atoms with Crippen molar-refractivity contribution in [2.24, 2.45) is 5.84 Å². The van der Waals surface area contributed by atoms with Gasteiger partial charge in [0.25, 0.3) is 0 Å². The zero-order valence-electron chi connectivity index (χ0n) is 10.8. The van der Waals surface area contributed by atoms with Crippen molar-refractivity contribution >= 4 is 11.0 Å². The maximum Gasteiger partial charge on any atom is 0.134 e. The normalized spacial score (nSPS) is 12.8. The molecule has 2 heterocycles. The fraction of sp³-hybridized carbons (Fsp3) is 0.143. The van der Waals surface area contributed by atoms with Gasteiger partial charge in [-0.25, -0.2) is 19.8 Å². The van der Waals surface area contributed by atoms with Crippen LogP contribution < -0.4 is 11.3 Å². The number of aryl methyl sites for hydroxylation is 1. The molecule has 3 rings (SSSR count). The van der Waals surface area contributed by atoms with Gasteiger partial charge < -0.3 is 4.42 Å². The van der Waals surface area contributed by atoms with Gasteiger partial charge >= 0.3 is 0 Å². The predicted octanol–water partition coefficient (Wildman–Crippen LogP) is 2.22. The van der Waals surface area contributed by atoms with Crippen LogP contribution in [0, 0.1) is 12.7 Å². The summed E-state index contributed by atoms with van der Waals surface area (Å²) in [4.78, 5) is 7.94. The number of furan rings is 1. The zero-order valence-corrected chi connectivity index (χ0v) is 10.8. The molecule has 0 aliphatic carbocycles. The molecule has 6 heteroatoms. The van der Waals surface area contributed by atoms with Gasteiger partial charge in [0, 0.05) is 28.9 Å². The number of nitrogens with zero attached hydrogens (tertiary/aromatic N) is 2. The van der Waals surface area contributed by atoms with Crippen molar-refractivity contribution < 1.29 is 8.81 Å². The lowest BCUT2D eigenvalue weighted by Gasteiger charge is -2.13. The largest absolute Gasteiger partial charge is 0.459 e. The fourth-order valence-corrected chi connectivity index (χ4v) is 2.27. The van der Waals surface area contributed by atoms with Crippen molar-refractivity contribution in [1.29, 1.82) is 0 Å². The molecule has 0 bridgehead atoms. The highest BCUT2D eigenvalue weighted by atomic mass is 19.1. The van der Waals surface area contributed by atoms with E-state index in [1.165, 1.54) is 18.5 Å². The van der Waals surface area contributed by atoms with E-state index in [4.69, 9.17) is 10.3 Å². The molecular formula is C14H13FN4O. The number of benzene rings is 1. The van der Waals surface area contributed by atoms with Crippen LogP contribution in [0.3, 0.4) is 0 Å². The molecule has 3 N–H and O–H groups in total. The maximum atomic E-state index is 13.3. The Labute approximate surface area is 114 Å². The van der Waals surface area contributed by atoms with E-state index in [0.717, 1.165) is 16.5 Å². The van der Waals surface area contributed by atoms with Crippen LogP contribution in [0.1, 0.15) is 22.9 Å². The summed E-state index contributed by atoms with van der Waals surface area (Å²) in [5.74, 6) is 5.95. The molecule has 0 spiro atoms. The summed E-state index contributed by atoms with van der Waals surface area (Å²) in [6.07, 6.45) is 4.76. The van der Waals surface area contributed by atoms with Crippen LogP contribution >= 0.6 is 0 Å². The highest BCUT2D eigenvalue weighted by molar-refractivity contribution is 5.82. The molecule has 0 aliphatic heterocycles. The monoisotopic (exact) mass is 272 g/mol. The SMILES string of the molecule is Cc1c(C(NN)c2cncnc2)oc2ccc(F)cc12. The van der Waals surface area contributed by atoms with Crippen molar-refractivity contribution in [3.8, 4) is 0 Å². The lowest BCUT2D eigenvalue weighted by atomic mass is 10.0. The number of fused-ring (bicyclic) bond motifs is 1. The number of halogens is 1. The second-order valence-corrected chi connectivity index (χ2v) is 4.50. The lowest BCUT2D eigenvalue weighted by Crippen LogP contribution is -2.29. The minimum Gasteiger partial charge on any atom is -0.459 e. The summed E-state index contributed by atoms with van der Waals surface area (Å²) in [6.45, 7) is 1.87. The Bertz CT molecular complexity index is 742. The van der Waals surface area contributed by atoms with E-state index < -0.39 is 0 Å². The Hall–Kier alpha value is -2.31. The molecule has 1 unspecified atom stereocenters. The Balaban J connectivity index is 2.15. The minimum absolute atomic E-state index is 0.298. The first kappa shape index (κ1) is 12.7. The van der Waals surface area contributed by atoms with Gasteiger partial charge in [0.1, 0.15) is 29.5 Å². The van der Waals surface area contributed by atoms with Gasteiger partial charge in [-0.3, -0.25) is 5.84 Å². The van der Waals surface area contributed by atoms with Crippen LogP contribution in [0.25, 0.3) is 11.0 Å². The van der Waals surface area contributed by atoms with Crippen LogP contribution in [-0.4, -0.2) is 9.97 Å². The molecule has 5 nitrogen and oxygen atoms in total. The molecule has 0 saturated carbocycles. The molecule has 1 aromatic carbocycles. The third-order valence-electron chi connectivity index (χ3n) is 3.28.